The highest BCUT2D eigenvalue weighted by molar-refractivity contribution is 7.92. The van der Waals surface area contributed by atoms with E-state index in [0.29, 0.717) is 36.9 Å². The predicted molar refractivity (Wildman–Crippen MR) is 134 cm³/mol. The molecule has 1 saturated heterocycles. The van der Waals surface area contributed by atoms with Gasteiger partial charge in [0.1, 0.15) is 5.75 Å². The Balaban J connectivity index is 1.31. The van der Waals surface area contributed by atoms with Crippen LogP contribution in [-0.2, 0) is 10.0 Å². The third kappa shape index (κ3) is 5.78. The normalized spacial score (nSPS) is 14.6. The largest absolute Gasteiger partial charge is 0.493 e. The van der Waals surface area contributed by atoms with Gasteiger partial charge in [-0.25, -0.2) is 8.42 Å². The van der Waals surface area contributed by atoms with Crippen LogP contribution < -0.4 is 9.46 Å². The van der Waals surface area contributed by atoms with E-state index in [0.717, 1.165) is 29.7 Å². The predicted octanol–water partition coefficient (Wildman–Crippen LogP) is 5.04. The lowest BCUT2D eigenvalue weighted by atomic mass is 9.97. The average Bonchev–Trinajstić information content (AvgIpc) is 2.85. The van der Waals surface area contributed by atoms with Gasteiger partial charge in [-0.3, -0.25) is 9.52 Å². The molecule has 3 aromatic carbocycles. The maximum atomic E-state index is 12.9. The van der Waals surface area contributed by atoms with Crippen molar-refractivity contribution < 1.29 is 17.9 Å². The molecule has 1 N–H and O–H groups in total. The Bertz CT molecular complexity index is 1230. The number of likely N-dealkylation sites (tertiary alicyclic amines) is 1. The third-order valence-electron chi connectivity index (χ3n) is 6.30. The van der Waals surface area contributed by atoms with Crippen LogP contribution in [0.15, 0.2) is 77.7 Å². The molecule has 4 rings (SSSR count). The van der Waals surface area contributed by atoms with Crippen LogP contribution in [0.3, 0.4) is 0 Å². The molecule has 1 aliphatic rings. The van der Waals surface area contributed by atoms with Crippen LogP contribution in [0.2, 0.25) is 0 Å². The summed E-state index contributed by atoms with van der Waals surface area (Å²) in [5.74, 6) is 1.26. The summed E-state index contributed by atoms with van der Waals surface area (Å²) in [5, 5.41) is 0. The fourth-order valence-electron chi connectivity index (χ4n) is 3.99. The van der Waals surface area contributed by atoms with E-state index in [1.54, 1.807) is 42.5 Å². The highest BCUT2D eigenvalue weighted by Crippen LogP contribution is 2.23. The molecule has 0 spiro atoms. The van der Waals surface area contributed by atoms with Crippen molar-refractivity contribution in [1.82, 2.24) is 4.90 Å². The summed E-state index contributed by atoms with van der Waals surface area (Å²) in [6, 6.07) is 21.4. The number of amides is 1. The van der Waals surface area contributed by atoms with Crippen LogP contribution in [-0.4, -0.2) is 38.9 Å². The Morgan fingerprint density at radius 1 is 0.941 bits per heavy atom. The highest BCUT2D eigenvalue weighted by Gasteiger charge is 2.24. The Labute approximate surface area is 201 Å². The minimum atomic E-state index is -3.70. The number of aryl methyl sites for hydroxylation is 2. The number of nitrogens with one attached hydrogen (secondary N) is 1. The first-order valence-corrected chi connectivity index (χ1v) is 13.0. The number of para-hydroxylation sites is 1. The van der Waals surface area contributed by atoms with Crippen molar-refractivity contribution in [2.45, 2.75) is 31.6 Å². The number of rotatable bonds is 7. The fourth-order valence-corrected chi connectivity index (χ4v) is 5.14. The van der Waals surface area contributed by atoms with Gasteiger partial charge in [-0.05, 0) is 92.3 Å². The number of carbonyl (C=O) groups is 1. The molecule has 1 fully saturated rings. The third-order valence-corrected chi connectivity index (χ3v) is 7.68. The molecule has 34 heavy (non-hydrogen) atoms. The van der Waals surface area contributed by atoms with Gasteiger partial charge >= 0.3 is 0 Å². The second kappa shape index (κ2) is 10.3. The SMILES string of the molecule is Cc1ccc(S(=O)(=O)Nc2ccc(C(=O)N3CCC(COc4ccccc4)CC3)cc2)cc1C. The molecule has 0 saturated carbocycles. The molecule has 0 unspecified atom stereocenters. The number of nitrogens with zero attached hydrogens (tertiary/aromatic N) is 1. The van der Waals surface area contributed by atoms with Gasteiger partial charge in [0.05, 0.1) is 11.5 Å². The molecule has 1 heterocycles. The van der Waals surface area contributed by atoms with E-state index in [-0.39, 0.29) is 10.8 Å². The molecular formula is C27H30N2O4S. The van der Waals surface area contributed by atoms with Crippen molar-refractivity contribution in [1.29, 1.82) is 0 Å². The highest BCUT2D eigenvalue weighted by atomic mass is 32.2. The lowest BCUT2D eigenvalue weighted by Gasteiger charge is -2.32. The molecule has 7 heteroatoms. The van der Waals surface area contributed by atoms with E-state index in [9.17, 15) is 13.2 Å². The van der Waals surface area contributed by atoms with Crippen LogP contribution >= 0.6 is 0 Å². The lowest BCUT2D eigenvalue weighted by molar-refractivity contribution is 0.0661. The Morgan fingerprint density at radius 3 is 2.26 bits per heavy atom. The van der Waals surface area contributed by atoms with Crippen molar-refractivity contribution in [3.63, 3.8) is 0 Å². The molecule has 1 aliphatic heterocycles. The number of carbonyl (C=O) groups excluding carboxylic acids is 1. The molecule has 0 atom stereocenters. The van der Waals surface area contributed by atoms with E-state index in [2.05, 4.69) is 4.72 Å². The van der Waals surface area contributed by atoms with Gasteiger partial charge in [0.15, 0.2) is 0 Å². The zero-order chi connectivity index (χ0) is 24.1. The summed E-state index contributed by atoms with van der Waals surface area (Å²) in [4.78, 5) is 15.0. The van der Waals surface area contributed by atoms with Crippen LogP contribution in [0.25, 0.3) is 0 Å². The van der Waals surface area contributed by atoms with Gasteiger partial charge in [-0.15, -0.1) is 0 Å². The first-order chi connectivity index (χ1) is 16.3. The van der Waals surface area contributed by atoms with Gasteiger partial charge in [0.25, 0.3) is 15.9 Å². The minimum Gasteiger partial charge on any atom is -0.493 e. The first-order valence-electron chi connectivity index (χ1n) is 11.5. The van der Waals surface area contributed by atoms with E-state index < -0.39 is 10.0 Å². The zero-order valence-corrected chi connectivity index (χ0v) is 20.3. The molecule has 0 aliphatic carbocycles. The number of piperidine rings is 1. The van der Waals surface area contributed by atoms with Crippen molar-refractivity contribution in [3.8, 4) is 5.75 Å². The van der Waals surface area contributed by atoms with Crippen molar-refractivity contribution in [3.05, 3.63) is 89.5 Å². The molecule has 0 aromatic heterocycles. The number of sulfonamides is 1. The summed E-state index contributed by atoms with van der Waals surface area (Å²) in [6.45, 7) is 5.84. The zero-order valence-electron chi connectivity index (χ0n) is 19.5. The summed E-state index contributed by atoms with van der Waals surface area (Å²) in [7, 11) is -3.70. The number of anilines is 1. The summed E-state index contributed by atoms with van der Waals surface area (Å²) in [6.07, 6.45) is 1.79. The fraction of sp³-hybridized carbons (Fsp3) is 0.296. The number of ether oxygens (including phenoxy) is 1. The quantitative estimate of drug-likeness (QED) is 0.516. The first kappa shape index (κ1) is 23.8. The maximum Gasteiger partial charge on any atom is 0.261 e. The molecule has 0 bridgehead atoms. The average molecular weight is 479 g/mol. The van der Waals surface area contributed by atoms with E-state index in [1.165, 1.54) is 0 Å². The van der Waals surface area contributed by atoms with Crippen molar-refractivity contribution >= 4 is 21.6 Å². The maximum absolute atomic E-state index is 12.9. The van der Waals surface area contributed by atoms with E-state index in [1.807, 2.05) is 49.1 Å². The number of hydrogen-bond acceptors (Lipinski definition) is 4. The monoisotopic (exact) mass is 478 g/mol. The van der Waals surface area contributed by atoms with E-state index >= 15 is 0 Å². The van der Waals surface area contributed by atoms with E-state index in [4.69, 9.17) is 4.74 Å². The smallest absolute Gasteiger partial charge is 0.261 e. The molecule has 0 radical (unpaired) electrons. The Hall–Kier alpha value is -3.32. The summed E-state index contributed by atoms with van der Waals surface area (Å²) < 4.78 is 33.9. The van der Waals surface area contributed by atoms with Crippen LogP contribution in [0.5, 0.6) is 5.75 Å². The standard InChI is InChI=1S/C27H30N2O4S/c1-20-8-13-26(18-21(20)2)34(31,32)28-24-11-9-23(10-12-24)27(30)29-16-14-22(15-17-29)19-33-25-6-4-3-5-7-25/h3-13,18,22,28H,14-17,19H2,1-2H3. The number of hydrogen-bond donors (Lipinski definition) is 1. The molecular weight excluding hydrogens is 448 g/mol. The van der Waals surface area contributed by atoms with Gasteiger partial charge in [-0.2, -0.15) is 0 Å². The summed E-state index contributed by atoms with van der Waals surface area (Å²) >= 11 is 0. The molecule has 178 valence electrons. The van der Waals surface area contributed by atoms with Gasteiger partial charge < -0.3 is 9.64 Å². The lowest BCUT2D eigenvalue weighted by Crippen LogP contribution is -2.39. The van der Waals surface area contributed by atoms with Crippen LogP contribution in [0.4, 0.5) is 5.69 Å². The van der Waals surface area contributed by atoms with Crippen LogP contribution in [0.1, 0.15) is 34.3 Å². The Kier molecular flexibility index (Phi) is 7.22. The summed E-state index contributed by atoms with van der Waals surface area (Å²) in [5.41, 5.74) is 2.92. The van der Waals surface area contributed by atoms with Crippen molar-refractivity contribution in [2.24, 2.45) is 5.92 Å². The minimum absolute atomic E-state index is 0.0361. The second-order valence-electron chi connectivity index (χ2n) is 8.79. The second-order valence-corrected chi connectivity index (χ2v) is 10.5. The topological polar surface area (TPSA) is 75.7 Å². The molecule has 3 aromatic rings. The van der Waals surface area contributed by atoms with Gasteiger partial charge in [-0.1, -0.05) is 24.3 Å². The molecule has 1 amide bonds. The van der Waals surface area contributed by atoms with Crippen LogP contribution in [0, 0.1) is 19.8 Å². The van der Waals surface area contributed by atoms with Crippen molar-refractivity contribution in [2.75, 3.05) is 24.4 Å². The van der Waals surface area contributed by atoms with Gasteiger partial charge in [0, 0.05) is 24.3 Å². The number of benzene rings is 3. The van der Waals surface area contributed by atoms with Gasteiger partial charge in [0.2, 0.25) is 0 Å². The molecule has 6 nitrogen and oxygen atoms in total. The Morgan fingerprint density at radius 2 is 1.62 bits per heavy atom.